The summed E-state index contributed by atoms with van der Waals surface area (Å²) in [6.45, 7) is 2.22. The number of carbonyl (C=O) groups excluding carboxylic acids is 2. The van der Waals surface area contributed by atoms with Gasteiger partial charge in [0.2, 0.25) is 11.8 Å². The predicted molar refractivity (Wildman–Crippen MR) is 124 cm³/mol. The second-order valence-corrected chi connectivity index (χ2v) is 8.49. The fourth-order valence-corrected chi connectivity index (χ4v) is 4.42. The third-order valence-electron chi connectivity index (χ3n) is 4.81. The van der Waals surface area contributed by atoms with E-state index in [-0.39, 0.29) is 24.6 Å². The van der Waals surface area contributed by atoms with Gasteiger partial charge in [0.25, 0.3) is 0 Å². The molecule has 1 atom stereocenters. The number of carbonyl (C=O) groups is 2. The van der Waals surface area contributed by atoms with E-state index in [1.807, 2.05) is 49.4 Å². The zero-order valence-corrected chi connectivity index (χ0v) is 18.2. The molecule has 1 N–H and O–H groups in total. The number of aromatic nitrogens is 1. The van der Waals surface area contributed by atoms with E-state index in [1.165, 1.54) is 23.9 Å². The molecule has 6 nitrogen and oxygen atoms in total. The summed E-state index contributed by atoms with van der Waals surface area (Å²) in [4.78, 5) is 36.2. The van der Waals surface area contributed by atoms with Crippen LogP contribution in [-0.4, -0.2) is 32.1 Å². The van der Waals surface area contributed by atoms with Crippen molar-refractivity contribution >= 4 is 40.1 Å². The Hall–Kier alpha value is -3.52. The average molecular weight is 449 g/mol. The van der Waals surface area contributed by atoms with Crippen molar-refractivity contribution in [1.82, 2.24) is 9.88 Å². The molecule has 0 saturated carbocycles. The van der Waals surface area contributed by atoms with Crippen LogP contribution in [0.4, 0.5) is 15.8 Å². The number of anilines is 1. The molecule has 8 heteroatoms. The van der Waals surface area contributed by atoms with Gasteiger partial charge in [-0.15, -0.1) is 0 Å². The Morgan fingerprint density at radius 1 is 1.16 bits per heavy atom. The van der Waals surface area contributed by atoms with Gasteiger partial charge in [-0.1, -0.05) is 42.1 Å². The number of nitrogens with one attached hydrogen (secondary N) is 1. The van der Waals surface area contributed by atoms with E-state index < -0.39 is 17.0 Å². The first kappa shape index (κ1) is 21.7. The van der Waals surface area contributed by atoms with E-state index in [2.05, 4.69) is 15.3 Å². The van der Waals surface area contributed by atoms with Gasteiger partial charge in [0, 0.05) is 12.6 Å². The number of nitrogens with zero attached hydrogens (tertiary/aromatic N) is 3. The molecule has 2 heterocycles. The van der Waals surface area contributed by atoms with Gasteiger partial charge >= 0.3 is 0 Å². The number of hydrogen-bond acceptors (Lipinski definition) is 5. The summed E-state index contributed by atoms with van der Waals surface area (Å²) in [5.41, 5.74) is 2.59. The highest BCUT2D eigenvalue weighted by molar-refractivity contribution is 8.15. The van der Waals surface area contributed by atoms with E-state index in [0.29, 0.717) is 5.17 Å². The molecule has 0 spiro atoms. The second kappa shape index (κ2) is 9.74. The molecule has 3 aromatic rings. The van der Waals surface area contributed by atoms with Crippen molar-refractivity contribution in [3.8, 4) is 0 Å². The van der Waals surface area contributed by atoms with Crippen molar-refractivity contribution in [3.63, 3.8) is 0 Å². The lowest BCUT2D eigenvalue weighted by Gasteiger charge is -2.16. The minimum atomic E-state index is -0.658. The van der Waals surface area contributed by atoms with Gasteiger partial charge in [0.15, 0.2) is 5.17 Å². The molecule has 0 aliphatic carbocycles. The number of pyridine rings is 1. The molecule has 1 unspecified atom stereocenters. The zero-order chi connectivity index (χ0) is 22.5. The third kappa shape index (κ3) is 5.20. The Kier molecular flexibility index (Phi) is 6.61. The summed E-state index contributed by atoms with van der Waals surface area (Å²) in [7, 11) is 0. The molecule has 1 saturated heterocycles. The number of amides is 2. The molecule has 32 heavy (non-hydrogen) atoms. The van der Waals surface area contributed by atoms with E-state index >= 15 is 0 Å². The van der Waals surface area contributed by atoms with Crippen LogP contribution in [0.25, 0.3) is 0 Å². The number of halogens is 1. The van der Waals surface area contributed by atoms with E-state index in [0.717, 1.165) is 16.9 Å². The van der Waals surface area contributed by atoms with Crippen LogP contribution in [0.3, 0.4) is 0 Å². The minimum absolute atomic E-state index is 0.0898. The molecule has 162 valence electrons. The fourth-order valence-electron chi connectivity index (χ4n) is 3.26. The molecular formula is C24H21FN4O2S. The monoisotopic (exact) mass is 448 g/mol. The van der Waals surface area contributed by atoms with Crippen molar-refractivity contribution < 1.29 is 14.0 Å². The number of para-hydroxylation sites is 1. The smallest absolute Gasteiger partial charge is 0.243 e. The van der Waals surface area contributed by atoms with Crippen molar-refractivity contribution in [2.75, 3.05) is 5.32 Å². The van der Waals surface area contributed by atoms with Crippen molar-refractivity contribution in [3.05, 3.63) is 90.0 Å². The molecule has 1 aromatic heterocycles. The maximum atomic E-state index is 13.9. The number of amidine groups is 1. The first-order valence-electron chi connectivity index (χ1n) is 10.1. The maximum absolute atomic E-state index is 13.9. The molecule has 1 aliphatic rings. The normalized spacial score (nSPS) is 17.1. The van der Waals surface area contributed by atoms with Gasteiger partial charge in [0.05, 0.1) is 23.6 Å². The molecule has 2 aromatic carbocycles. The first-order chi connectivity index (χ1) is 15.5. The van der Waals surface area contributed by atoms with Crippen LogP contribution in [-0.2, 0) is 16.1 Å². The van der Waals surface area contributed by atoms with Crippen LogP contribution in [0.2, 0.25) is 0 Å². The summed E-state index contributed by atoms with van der Waals surface area (Å²) in [6, 6.07) is 19.1. The predicted octanol–water partition coefficient (Wildman–Crippen LogP) is 4.69. The standard InChI is InChI=1S/C24H21FN4O2S/c1-16-7-6-9-17(13-16)27-24-29(15-18-8-4-5-12-26-18)23(31)21(32-24)14-22(30)28-20-11-3-2-10-19(20)25/h2-13,21H,14-15H2,1H3,(H,28,30). The Bertz CT molecular complexity index is 1170. The Morgan fingerprint density at radius 2 is 1.97 bits per heavy atom. The average Bonchev–Trinajstić information content (AvgIpc) is 3.05. The van der Waals surface area contributed by atoms with Gasteiger partial charge < -0.3 is 5.32 Å². The molecular weight excluding hydrogens is 427 g/mol. The molecule has 2 amide bonds. The number of aliphatic imine (C=N–C) groups is 1. The number of benzene rings is 2. The van der Waals surface area contributed by atoms with Gasteiger partial charge in [-0.2, -0.15) is 0 Å². The van der Waals surface area contributed by atoms with Gasteiger partial charge in [0.1, 0.15) is 11.1 Å². The van der Waals surface area contributed by atoms with Crippen molar-refractivity contribution in [2.24, 2.45) is 4.99 Å². The molecule has 1 aliphatic heterocycles. The quantitative estimate of drug-likeness (QED) is 0.594. The molecule has 1 fully saturated rings. The highest BCUT2D eigenvalue weighted by Gasteiger charge is 2.39. The lowest BCUT2D eigenvalue weighted by atomic mass is 10.2. The van der Waals surface area contributed by atoms with Crippen LogP contribution in [0.15, 0.2) is 77.9 Å². The molecule has 0 bridgehead atoms. The maximum Gasteiger partial charge on any atom is 0.243 e. The van der Waals surface area contributed by atoms with Gasteiger partial charge in [-0.3, -0.25) is 19.5 Å². The summed E-state index contributed by atoms with van der Waals surface area (Å²) in [5.74, 6) is -1.18. The fraction of sp³-hybridized carbons (Fsp3) is 0.167. The highest BCUT2D eigenvalue weighted by Crippen LogP contribution is 2.33. The molecule has 4 rings (SSSR count). The zero-order valence-electron chi connectivity index (χ0n) is 17.4. The molecule has 0 radical (unpaired) electrons. The number of aryl methyl sites for hydroxylation is 1. The number of rotatable bonds is 6. The van der Waals surface area contributed by atoms with Crippen LogP contribution in [0.1, 0.15) is 17.7 Å². The highest BCUT2D eigenvalue weighted by atomic mass is 32.2. The van der Waals surface area contributed by atoms with E-state index in [9.17, 15) is 14.0 Å². The topological polar surface area (TPSA) is 74.7 Å². The van der Waals surface area contributed by atoms with Crippen LogP contribution < -0.4 is 5.32 Å². The summed E-state index contributed by atoms with van der Waals surface area (Å²) in [6.07, 6.45) is 1.57. The van der Waals surface area contributed by atoms with Gasteiger partial charge in [-0.05, 0) is 48.9 Å². The van der Waals surface area contributed by atoms with Crippen LogP contribution in [0, 0.1) is 12.7 Å². The minimum Gasteiger partial charge on any atom is -0.324 e. The number of hydrogen-bond donors (Lipinski definition) is 1. The van der Waals surface area contributed by atoms with Crippen molar-refractivity contribution in [2.45, 2.75) is 25.1 Å². The van der Waals surface area contributed by atoms with E-state index in [1.54, 1.807) is 23.2 Å². The summed E-state index contributed by atoms with van der Waals surface area (Å²) < 4.78 is 13.9. The lowest BCUT2D eigenvalue weighted by molar-refractivity contribution is -0.128. The number of thioether (sulfide) groups is 1. The van der Waals surface area contributed by atoms with Crippen LogP contribution >= 0.6 is 11.8 Å². The largest absolute Gasteiger partial charge is 0.324 e. The Labute approximate surface area is 189 Å². The SMILES string of the molecule is Cc1cccc(N=C2SC(CC(=O)Nc3ccccc3F)C(=O)N2Cc2ccccn2)c1. The van der Waals surface area contributed by atoms with E-state index in [4.69, 9.17) is 0 Å². The third-order valence-corrected chi connectivity index (χ3v) is 5.99. The lowest BCUT2D eigenvalue weighted by Crippen LogP contribution is -2.33. The van der Waals surface area contributed by atoms with Crippen molar-refractivity contribution in [1.29, 1.82) is 0 Å². The first-order valence-corrected chi connectivity index (χ1v) is 11.0. The second-order valence-electron chi connectivity index (χ2n) is 7.32. The summed E-state index contributed by atoms with van der Waals surface area (Å²) in [5, 5.41) is 2.39. The summed E-state index contributed by atoms with van der Waals surface area (Å²) >= 11 is 1.23. The van der Waals surface area contributed by atoms with Gasteiger partial charge in [-0.25, -0.2) is 9.38 Å². The Morgan fingerprint density at radius 3 is 2.72 bits per heavy atom. The van der Waals surface area contributed by atoms with Crippen LogP contribution in [0.5, 0.6) is 0 Å². The Balaban J connectivity index is 1.55.